The molecule has 0 amide bonds. The number of fused-ring (bicyclic) bond motifs is 1. The third-order valence-corrected chi connectivity index (χ3v) is 3.32. The monoisotopic (exact) mass is 265 g/mol. The number of carbonyl (C=O) groups is 1. The van der Waals surface area contributed by atoms with Crippen LogP contribution in [0.3, 0.4) is 0 Å². The molecule has 1 heterocycles. The molecule has 5 nitrogen and oxygen atoms in total. The highest BCUT2D eigenvalue weighted by Crippen LogP contribution is 2.21. The van der Waals surface area contributed by atoms with E-state index in [9.17, 15) is 18.3 Å². The summed E-state index contributed by atoms with van der Waals surface area (Å²) in [5.41, 5.74) is 0.752. The molecule has 1 aromatic heterocycles. The smallest absolute Gasteiger partial charge is 0.336 e. The summed E-state index contributed by atoms with van der Waals surface area (Å²) < 4.78 is 22.6. The van der Waals surface area contributed by atoms with E-state index in [4.69, 9.17) is 0 Å². The molecule has 0 bridgehead atoms. The van der Waals surface area contributed by atoms with Gasteiger partial charge in [0, 0.05) is 23.4 Å². The first-order chi connectivity index (χ1) is 8.38. The Balaban J connectivity index is 2.75. The van der Waals surface area contributed by atoms with Crippen molar-refractivity contribution in [1.29, 1.82) is 0 Å². The number of sulfone groups is 1. The standard InChI is InChI=1S/C12H11NO4S/c1-18(16,17)7-8-6-13-10-5-3-2-4-9(10)11(8)12(14)15/h2-6H,7H2,1H3,(H,14,15). The number of pyridine rings is 1. The minimum absolute atomic E-state index is 0.00558. The zero-order valence-electron chi connectivity index (χ0n) is 9.62. The minimum atomic E-state index is -3.31. The molecule has 18 heavy (non-hydrogen) atoms. The molecule has 2 rings (SSSR count). The number of carboxylic acids is 1. The van der Waals surface area contributed by atoms with Crippen LogP contribution in [0.15, 0.2) is 30.5 Å². The molecule has 0 fully saturated rings. The average molecular weight is 265 g/mol. The largest absolute Gasteiger partial charge is 0.478 e. The zero-order chi connectivity index (χ0) is 13.3. The van der Waals surface area contributed by atoms with Gasteiger partial charge in [0.15, 0.2) is 9.84 Å². The van der Waals surface area contributed by atoms with Crippen molar-refractivity contribution in [3.05, 3.63) is 41.6 Å². The lowest BCUT2D eigenvalue weighted by atomic mass is 10.0. The highest BCUT2D eigenvalue weighted by molar-refractivity contribution is 7.89. The fourth-order valence-corrected chi connectivity index (χ4v) is 2.61. The zero-order valence-corrected chi connectivity index (χ0v) is 10.4. The van der Waals surface area contributed by atoms with Crippen molar-refractivity contribution in [3.63, 3.8) is 0 Å². The molecule has 0 aliphatic rings. The Hall–Kier alpha value is -1.95. The van der Waals surface area contributed by atoms with Crippen molar-refractivity contribution in [1.82, 2.24) is 4.98 Å². The minimum Gasteiger partial charge on any atom is -0.478 e. The first-order valence-electron chi connectivity index (χ1n) is 5.16. The Bertz CT molecular complexity index is 722. The first kappa shape index (κ1) is 12.5. The fraction of sp³-hybridized carbons (Fsp3) is 0.167. The quantitative estimate of drug-likeness (QED) is 0.908. The van der Waals surface area contributed by atoms with Crippen molar-refractivity contribution in [2.45, 2.75) is 5.75 Å². The van der Waals surface area contributed by atoms with E-state index < -0.39 is 15.8 Å². The van der Waals surface area contributed by atoms with Crippen LogP contribution in [0.25, 0.3) is 10.9 Å². The number of aromatic nitrogens is 1. The van der Waals surface area contributed by atoms with Crippen LogP contribution in [0.2, 0.25) is 0 Å². The Morgan fingerprint density at radius 1 is 1.33 bits per heavy atom. The second kappa shape index (κ2) is 4.38. The Morgan fingerprint density at radius 2 is 2.00 bits per heavy atom. The maximum absolute atomic E-state index is 11.3. The van der Waals surface area contributed by atoms with Gasteiger partial charge in [-0.15, -0.1) is 0 Å². The normalized spacial score (nSPS) is 11.6. The van der Waals surface area contributed by atoms with Crippen molar-refractivity contribution in [3.8, 4) is 0 Å². The number of aromatic carboxylic acids is 1. The van der Waals surface area contributed by atoms with Gasteiger partial charge in [-0.1, -0.05) is 18.2 Å². The second-order valence-electron chi connectivity index (χ2n) is 4.05. The summed E-state index contributed by atoms with van der Waals surface area (Å²) in [6.45, 7) is 0. The SMILES string of the molecule is CS(=O)(=O)Cc1cnc2ccccc2c1C(=O)O. The van der Waals surface area contributed by atoms with E-state index in [2.05, 4.69) is 4.98 Å². The Labute approximate surface area is 104 Å². The van der Waals surface area contributed by atoms with E-state index in [1.165, 1.54) is 6.20 Å². The summed E-state index contributed by atoms with van der Waals surface area (Å²) in [5.74, 6) is -1.47. The summed E-state index contributed by atoms with van der Waals surface area (Å²) in [6, 6.07) is 6.75. The molecule has 2 aromatic rings. The molecular formula is C12H11NO4S. The number of benzene rings is 1. The third-order valence-electron chi connectivity index (χ3n) is 2.49. The molecule has 1 aromatic carbocycles. The van der Waals surface area contributed by atoms with Gasteiger partial charge >= 0.3 is 5.97 Å². The molecule has 0 spiro atoms. The number of rotatable bonds is 3. The van der Waals surface area contributed by atoms with Gasteiger partial charge in [0.2, 0.25) is 0 Å². The molecule has 0 saturated heterocycles. The number of para-hydroxylation sites is 1. The van der Waals surface area contributed by atoms with Crippen LogP contribution < -0.4 is 0 Å². The lowest BCUT2D eigenvalue weighted by molar-refractivity contribution is 0.0698. The Kier molecular flexibility index (Phi) is 3.04. The van der Waals surface area contributed by atoms with Gasteiger partial charge in [-0.05, 0) is 6.07 Å². The first-order valence-corrected chi connectivity index (χ1v) is 7.22. The lowest BCUT2D eigenvalue weighted by Crippen LogP contribution is -2.09. The maximum atomic E-state index is 11.3. The third kappa shape index (κ3) is 2.48. The lowest BCUT2D eigenvalue weighted by Gasteiger charge is -2.08. The van der Waals surface area contributed by atoms with Crippen LogP contribution in [0.4, 0.5) is 0 Å². The van der Waals surface area contributed by atoms with Gasteiger partial charge < -0.3 is 5.11 Å². The van der Waals surface area contributed by atoms with E-state index in [0.29, 0.717) is 10.9 Å². The second-order valence-corrected chi connectivity index (χ2v) is 6.19. The molecule has 0 saturated carbocycles. The molecule has 0 radical (unpaired) electrons. The molecule has 1 N–H and O–H groups in total. The fourth-order valence-electron chi connectivity index (χ4n) is 1.83. The van der Waals surface area contributed by atoms with Crippen molar-refractivity contribution in [2.24, 2.45) is 0 Å². The molecule has 94 valence electrons. The maximum Gasteiger partial charge on any atom is 0.336 e. The summed E-state index contributed by atoms with van der Waals surface area (Å²) in [7, 11) is -3.31. The van der Waals surface area contributed by atoms with Crippen LogP contribution in [-0.4, -0.2) is 30.7 Å². The average Bonchev–Trinajstić information content (AvgIpc) is 2.26. The van der Waals surface area contributed by atoms with Crippen LogP contribution >= 0.6 is 0 Å². The number of hydrogen-bond donors (Lipinski definition) is 1. The summed E-state index contributed by atoms with van der Waals surface area (Å²) in [5, 5.41) is 9.69. The predicted octanol–water partition coefficient (Wildman–Crippen LogP) is 1.48. The van der Waals surface area contributed by atoms with Crippen molar-refractivity contribution >= 4 is 26.7 Å². The van der Waals surface area contributed by atoms with Gasteiger partial charge in [0.25, 0.3) is 0 Å². The van der Waals surface area contributed by atoms with Gasteiger partial charge in [-0.2, -0.15) is 0 Å². The Morgan fingerprint density at radius 3 is 2.61 bits per heavy atom. The number of nitrogens with zero attached hydrogens (tertiary/aromatic N) is 1. The van der Waals surface area contributed by atoms with E-state index in [0.717, 1.165) is 6.26 Å². The van der Waals surface area contributed by atoms with Crippen molar-refractivity contribution in [2.75, 3.05) is 6.26 Å². The summed E-state index contributed by atoms with van der Waals surface area (Å²) in [6.07, 6.45) is 2.38. The van der Waals surface area contributed by atoms with Crippen LogP contribution in [0, 0.1) is 0 Å². The topological polar surface area (TPSA) is 84.3 Å². The van der Waals surface area contributed by atoms with Crippen LogP contribution in [-0.2, 0) is 15.6 Å². The molecule has 0 aliphatic heterocycles. The van der Waals surface area contributed by atoms with E-state index in [-0.39, 0.29) is 16.9 Å². The summed E-state index contributed by atoms with van der Waals surface area (Å²) in [4.78, 5) is 15.4. The van der Waals surface area contributed by atoms with Crippen LogP contribution in [0.5, 0.6) is 0 Å². The van der Waals surface area contributed by atoms with E-state index in [1.54, 1.807) is 24.3 Å². The molecule has 6 heteroatoms. The highest BCUT2D eigenvalue weighted by Gasteiger charge is 2.18. The van der Waals surface area contributed by atoms with Crippen molar-refractivity contribution < 1.29 is 18.3 Å². The van der Waals surface area contributed by atoms with E-state index in [1.807, 2.05) is 0 Å². The van der Waals surface area contributed by atoms with E-state index >= 15 is 0 Å². The molecule has 0 aliphatic carbocycles. The number of carboxylic acid groups (broad SMARTS) is 1. The molecule has 0 atom stereocenters. The van der Waals surface area contributed by atoms with Gasteiger partial charge in [0.1, 0.15) is 0 Å². The number of hydrogen-bond acceptors (Lipinski definition) is 4. The van der Waals surface area contributed by atoms with Gasteiger partial charge in [-0.3, -0.25) is 4.98 Å². The predicted molar refractivity (Wildman–Crippen MR) is 67.3 cm³/mol. The van der Waals surface area contributed by atoms with Crippen LogP contribution in [0.1, 0.15) is 15.9 Å². The molecule has 0 unspecified atom stereocenters. The highest BCUT2D eigenvalue weighted by atomic mass is 32.2. The van der Waals surface area contributed by atoms with Gasteiger partial charge in [0.05, 0.1) is 16.8 Å². The molecular weight excluding hydrogens is 254 g/mol. The summed E-state index contributed by atoms with van der Waals surface area (Å²) >= 11 is 0. The van der Waals surface area contributed by atoms with Gasteiger partial charge in [-0.25, -0.2) is 13.2 Å².